The van der Waals surface area contributed by atoms with Crippen molar-refractivity contribution < 1.29 is 18.0 Å². The highest BCUT2D eigenvalue weighted by Crippen LogP contribution is 2.29. The van der Waals surface area contributed by atoms with E-state index in [4.69, 9.17) is 0 Å². The highest BCUT2D eigenvalue weighted by molar-refractivity contribution is 7.89. The van der Waals surface area contributed by atoms with Gasteiger partial charge in [0.05, 0.1) is 10.8 Å². The molecule has 1 aromatic heterocycles. The van der Waals surface area contributed by atoms with Gasteiger partial charge in [-0.1, -0.05) is 6.07 Å². The van der Waals surface area contributed by atoms with Gasteiger partial charge in [0.1, 0.15) is 0 Å². The largest absolute Gasteiger partial charge is 0.352 e. The molecule has 2 amide bonds. The van der Waals surface area contributed by atoms with Crippen LogP contribution < -0.4 is 10.6 Å². The first-order valence-electron chi connectivity index (χ1n) is 10.5. The summed E-state index contributed by atoms with van der Waals surface area (Å²) in [4.78, 5) is 28.6. The van der Waals surface area contributed by atoms with E-state index in [1.165, 1.54) is 10.4 Å². The molecule has 1 fully saturated rings. The minimum Gasteiger partial charge on any atom is -0.352 e. The number of anilines is 1. The lowest BCUT2D eigenvalue weighted by molar-refractivity contribution is -0.126. The number of hydrogen-bond donors (Lipinski definition) is 2. The van der Waals surface area contributed by atoms with Crippen molar-refractivity contribution in [2.45, 2.75) is 43.5 Å². The quantitative estimate of drug-likeness (QED) is 0.737. The summed E-state index contributed by atoms with van der Waals surface area (Å²) < 4.78 is 27.9. The second-order valence-corrected chi connectivity index (χ2v) is 9.94. The van der Waals surface area contributed by atoms with E-state index < -0.39 is 10.0 Å². The minimum absolute atomic E-state index is 0.0504. The summed E-state index contributed by atoms with van der Waals surface area (Å²) in [6.07, 6.45) is 6.41. The molecule has 0 bridgehead atoms. The first-order valence-corrected chi connectivity index (χ1v) is 12.0. The van der Waals surface area contributed by atoms with E-state index in [1.807, 2.05) is 12.1 Å². The van der Waals surface area contributed by atoms with Crippen LogP contribution in [0.2, 0.25) is 0 Å². The van der Waals surface area contributed by atoms with E-state index in [0.717, 1.165) is 11.1 Å². The van der Waals surface area contributed by atoms with Gasteiger partial charge in [-0.05, 0) is 61.1 Å². The zero-order chi connectivity index (χ0) is 21.8. The number of aryl methyl sites for hydroxylation is 1. The molecular weight excluding hydrogens is 416 g/mol. The zero-order valence-electron chi connectivity index (χ0n) is 17.2. The van der Waals surface area contributed by atoms with Crippen LogP contribution in [0.3, 0.4) is 0 Å². The van der Waals surface area contributed by atoms with Gasteiger partial charge in [0, 0.05) is 44.1 Å². The maximum atomic E-state index is 13.3. The van der Waals surface area contributed by atoms with Crippen molar-refractivity contribution in [2.24, 2.45) is 5.92 Å². The van der Waals surface area contributed by atoms with Crippen molar-refractivity contribution in [3.8, 4) is 0 Å². The number of rotatable bonds is 5. The minimum atomic E-state index is -3.72. The number of nitrogens with one attached hydrogen (secondary N) is 2. The predicted molar refractivity (Wildman–Crippen MR) is 116 cm³/mol. The third-order valence-corrected chi connectivity index (χ3v) is 7.64. The molecule has 1 saturated heterocycles. The monoisotopic (exact) mass is 442 g/mol. The SMILES string of the molecule is O=C1CCCc2cc(S(=O)(=O)N3CCCC(C(=O)NCc4cccnc4)C3)ccc2N1. The highest BCUT2D eigenvalue weighted by atomic mass is 32.2. The van der Waals surface area contributed by atoms with E-state index in [0.29, 0.717) is 50.9 Å². The van der Waals surface area contributed by atoms with Crippen molar-refractivity contribution in [3.05, 3.63) is 53.9 Å². The molecule has 1 aromatic carbocycles. The third kappa shape index (κ3) is 4.94. The first kappa shape index (κ1) is 21.5. The van der Waals surface area contributed by atoms with Crippen LogP contribution in [0.15, 0.2) is 47.6 Å². The van der Waals surface area contributed by atoms with Crippen LogP contribution in [-0.4, -0.2) is 42.6 Å². The lowest BCUT2D eigenvalue weighted by Gasteiger charge is -2.31. The van der Waals surface area contributed by atoms with Crippen LogP contribution in [0, 0.1) is 5.92 Å². The second kappa shape index (κ2) is 9.15. The van der Waals surface area contributed by atoms with Crippen molar-refractivity contribution in [2.75, 3.05) is 18.4 Å². The van der Waals surface area contributed by atoms with Crippen LogP contribution in [0.5, 0.6) is 0 Å². The zero-order valence-corrected chi connectivity index (χ0v) is 18.0. The summed E-state index contributed by atoms with van der Waals surface area (Å²) in [7, 11) is -3.72. The standard InChI is InChI=1S/C22H26N4O4S/c27-21-7-1-5-17-12-19(8-9-20(17)25-21)31(29,30)26-11-3-6-18(15-26)22(28)24-14-16-4-2-10-23-13-16/h2,4,8-10,12-13,18H,1,3,5-7,11,14-15H2,(H,24,28)(H,25,27). The number of piperidine rings is 1. The topological polar surface area (TPSA) is 108 Å². The van der Waals surface area contributed by atoms with Crippen molar-refractivity contribution >= 4 is 27.5 Å². The Kier molecular flexibility index (Phi) is 6.33. The van der Waals surface area contributed by atoms with Crippen LogP contribution in [0.1, 0.15) is 36.8 Å². The summed E-state index contributed by atoms with van der Waals surface area (Å²) in [5.74, 6) is -0.584. The van der Waals surface area contributed by atoms with Crippen molar-refractivity contribution in [1.29, 1.82) is 0 Å². The third-order valence-electron chi connectivity index (χ3n) is 5.78. The fourth-order valence-electron chi connectivity index (χ4n) is 4.07. The summed E-state index contributed by atoms with van der Waals surface area (Å²) in [6.45, 7) is 0.921. The Morgan fingerprint density at radius 2 is 2.10 bits per heavy atom. The number of benzene rings is 1. The summed E-state index contributed by atoms with van der Waals surface area (Å²) >= 11 is 0. The van der Waals surface area contributed by atoms with Gasteiger partial charge in [0.15, 0.2) is 0 Å². The molecule has 0 spiro atoms. The Bertz CT molecular complexity index is 1070. The summed E-state index contributed by atoms with van der Waals surface area (Å²) in [5, 5.41) is 5.72. The number of aromatic nitrogens is 1. The Balaban J connectivity index is 1.45. The summed E-state index contributed by atoms with van der Waals surface area (Å²) in [6, 6.07) is 8.54. The molecule has 9 heteroatoms. The number of pyridine rings is 1. The van der Waals surface area contributed by atoms with E-state index in [1.54, 1.807) is 24.5 Å². The van der Waals surface area contributed by atoms with Crippen molar-refractivity contribution in [1.82, 2.24) is 14.6 Å². The van der Waals surface area contributed by atoms with Gasteiger partial charge in [0.2, 0.25) is 21.8 Å². The van der Waals surface area contributed by atoms with Crippen LogP contribution in [0.4, 0.5) is 5.69 Å². The molecule has 0 saturated carbocycles. The lowest BCUT2D eigenvalue weighted by Crippen LogP contribution is -2.45. The van der Waals surface area contributed by atoms with Gasteiger partial charge in [-0.25, -0.2) is 8.42 Å². The van der Waals surface area contributed by atoms with Crippen molar-refractivity contribution in [3.63, 3.8) is 0 Å². The smallest absolute Gasteiger partial charge is 0.243 e. The highest BCUT2D eigenvalue weighted by Gasteiger charge is 2.33. The number of fused-ring (bicyclic) bond motifs is 1. The number of amides is 2. The van der Waals surface area contributed by atoms with Gasteiger partial charge in [-0.2, -0.15) is 4.31 Å². The van der Waals surface area contributed by atoms with Gasteiger partial charge in [-0.3, -0.25) is 14.6 Å². The first-order chi connectivity index (χ1) is 14.9. The lowest BCUT2D eigenvalue weighted by atomic mass is 9.99. The number of sulfonamides is 1. The number of hydrogen-bond acceptors (Lipinski definition) is 5. The van der Waals surface area contributed by atoms with Gasteiger partial charge in [-0.15, -0.1) is 0 Å². The normalized spacial score (nSPS) is 19.7. The van der Waals surface area contributed by atoms with Crippen LogP contribution in [-0.2, 0) is 32.6 Å². The van der Waals surface area contributed by atoms with E-state index in [-0.39, 0.29) is 29.2 Å². The van der Waals surface area contributed by atoms with E-state index in [2.05, 4.69) is 15.6 Å². The molecule has 0 radical (unpaired) electrons. The predicted octanol–water partition coefficient (Wildman–Crippen LogP) is 2.07. The molecule has 2 aliphatic heterocycles. The fourth-order valence-corrected chi connectivity index (χ4v) is 5.65. The Hall–Kier alpha value is -2.78. The Morgan fingerprint density at radius 1 is 1.23 bits per heavy atom. The average molecular weight is 443 g/mol. The molecule has 1 unspecified atom stereocenters. The maximum absolute atomic E-state index is 13.3. The van der Waals surface area contributed by atoms with E-state index >= 15 is 0 Å². The molecule has 3 heterocycles. The molecule has 8 nitrogen and oxygen atoms in total. The number of nitrogens with zero attached hydrogens (tertiary/aromatic N) is 2. The molecule has 2 aromatic rings. The molecule has 31 heavy (non-hydrogen) atoms. The maximum Gasteiger partial charge on any atom is 0.243 e. The van der Waals surface area contributed by atoms with Crippen LogP contribution in [0.25, 0.3) is 0 Å². The van der Waals surface area contributed by atoms with E-state index in [9.17, 15) is 18.0 Å². The molecule has 2 aliphatic rings. The molecule has 0 aliphatic carbocycles. The molecule has 4 rings (SSSR count). The fraction of sp³-hybridized carbons (Fsp3) is 0.409. The second-order valence-electron chi connectivity index (χ2n) is 8.00. The van der Waals surface area contributed by atoms with Crippen LogP contribution >= 0.6 is 0 Å². The van der Waals surface area contributed by atoms with Gasteiger partial charge < -0.3 is 10.6 Å². The Morgan fingerprint density at radius 3 is 2.90 bits per heavy atom. The average Bonchev–Trinajstić information content (AvgIpc) is 2.98. The Labute approximate surface area is 182 Å². The molecule has 1 atom stereocenters. The molecule has 164 valence electrons. The number of carbonyl (C=O) groups is 2. The van der Waals surface area contributed by atoms with Gasteiger partial charge in [0.25, 0.3) is 0 Å². The molecule has 2 N–H and O–H groups in total. The molecular formula is C22H26N4O4S. The van der Waals surface area contributed by atoms with Gasteiger partial charge >= 0.3 is 0 Å². The number of carbonyl (C=O) groups excluding carboxylic acids is 2. The summed E-state index contributed by atoms with van der Waals surface area (Å²) in [5.41, 5.74) is 2.40.